The molecule has 0 bridgehead atoms. The van der Waals surface area contributed by atoms with Gasteiger partial charge in [-0.3, -0.25) is 0 Å². The Labute approximate surface area is 109 Å². The quantitative estimate of drug-likeness (QED) is 0.920. The molecule has 0 amide bonds. The molecule has 0 spiro atoms. The lowest BCUT2D eigenvalue weighted by atomic mass is 10.2. The number of aliphatic hydroxyl groups excluding tert-OH is 1. The lowest BCUT2D eigenvalue weighted by Crippen LogP contribution is -2.37. The molecular formula is C11H14BrNO3S. The van der Waals surface area contributed by atoms with Gasteiger partial charge in [-0.25, -0.2) is 8.42 Å². The number of sulfonamides is 1. The third-order valence-corrected chi connectivity index (χ3v) is 5.92. The standard InChI is InChI=1S/C11H14BrNO3S/c12-10-5-1-2-6-11(10)17(15,16)13-7-3-4-9(13)8-14/h1-2,5-6,9,14H,3-4,7-8H2/t9-/m0/s1. The van der Waals surface area contributed by atoms with Crippen LogP contribution in [0, 0.1) is 0 Å². The van der Waals surface area contributed by atoms with E-state index in [4.69, 9.17) is 0 Å². The van der Waals surface area contributed by atoms with Crippen LogP contribution in [0.2, 0.25) is 0 Å². The van der Waals surface area contributed by atoms with Crippen LogP contribution in [0.1, 0.15) is 12.8 Å². The Morgan fingerprint density at radius 2 is 2.12 bits per heavy atom. The van der Waals surface area contributed by atoms with Crippen molar-refractivity contribution in [3.8, 4) is 0 Å². The fourth-order valence-corrected chi connectivity index (χ4v) is 4.74. The van der Waals surface area contributed by atoms with Gasteiger partial charge in [0.2, 0.25) is 10.0 Å². The maximum absolute atomic E-state index is 12.4. The number of hydrogen-bond acceptors (Lipinski definition) is 3. The summed E-state index contributed by atoms with van der Waals surface area (Å²) >= 11 is 3.25. The Kier molecular flexibility index (Phi) is 3.87. The van der Waals surface area contributed by atoms with E-state index in [1.54, 1.807) is 24.3 Å². The van der Waals surface area contributed by atoms with Gasteiger partial charge in [0.15, 0.2) is 0 Å². The predicted octanol–water partition coefficient (Wildman–Crippen LogP) is 1.59. The molecular weight excluding hydrogens is 306 g/mol. The third kappa shape index (κ3) is 2.40. The van der Waals surface area contributed by atoms with Gasteiger partial charge in [0, 0.05) is 17.1 Å². The van der Waals surface area contributed by atoms with Crippen molar-refractivity contribution in [1.82, 2.24) is 4.31 Å². The largest absolute Gasteiger partial charge is 0.395 e. The molecule has 1 saturated heterocycles. The molecule has 2 rings (SSSR count). The van der Waals surface area contributed by atoms with Gasteiger partial charge in [0.25, 0.3) is 0 Å². The van der Waals surface area contributed by atoms with Crippen molar-refractivity contribution in [2.45, 2.75) is 23.8 Å². The first-order valence-corrected chi connectivity index (χ1v) is 7.68. The van der Waals surface area contributed by atoms with Crippen LogP contribution in [0.5, 0.6) is 0 Å². The molecule has 0 saturated carbocycles. The molecule has 94 valence electrons. The number of benzene rings is 1. The van der Waals surface area contributed by atoms with Crippen molar-refractivity contribution in [1.29, 1.82) is 0 Å². The van der Waals surface area contributed by atoms with Gasteiger partial charge in [0.05, 0.1) is 11.5 Å². The lowest BCUT2D eigenvalue weighted by Gasteiger charge is -2.22. The molecule has 1 aliphatic heterocycles. The summed E-state index contributed by atoms with van der Waals surface area (Å²) in [6.07, 6.45) is 1.52. The highest BCUT2D eigenvalue weighted by Crippen LogP contribution is 2.29. The molecule has 1 aromatic rings. The monoisotopic (exact) mass is 319 g/mol. The fraction of sp³-hybridized carbons (Fsp3) is 0.455. The Morgan fingerprint density at radius 3 is 2.76 bits per heavy atom. The number of aliphatic hydroxyl groups is 1. The number of rotatable bonds is 3. The molecule has 1 N–H and O–H groups in total. The van der Waals surface area contributed by atoms with Crippen molar-refractivity contribution >= 4 is 26.0 Å². The van der Waals surface area contributed by atoms with Gasteiger partial charge in [0.1, 0.15) is 0 Å². The number of nitrogens with zero attached hydrogens (tertiary/aromatic N) is 1. The van der Waals surface area contributed by atoms with E-state index in [1.807, 2.05) is 0 Å². The molecule has 1 aliphatic rings. The molecule has 17 heavy (non-hydrogen) atoms. The van der Waals surface area contributed by atoms with Crippen LogP contribution in [-0.4, -0.2) is 37.0 Å². The van der Waals surface area contributed by atoms with Gasteiger partial charge in [-0.15, -0.1) is 0 Å². The summed E-state index contributed by atoms with van der Waals surface area (Å²) in [5, 5.41) is 9.20. The Bertz CT molecular complexity index is 503. The van der Waals surface area contributed by atoms with Crippen molar-refractivity contribution in [3.63, 3.8) is 0 Å². The topological polar surface area (TPSA) is 57.6 Å². The molecule has 1 aromatic carbocycles. The van der Waals surface area contributed by atoms with Crippen LogP contribution in [0.15, 0.2) is 33.6 Å². The molecule has 1 fully saturated rings. The van der Waals surface area contributed by atoms with E-state index in [2.05, 4.69) is 15.9 Å². The van der Waals surface area contributed by atoms with Crippen molar-refractivity contribution in [2.75, 3.05) is 13.2 Å². The predicted molar refractivity (Wildman–Crippen MR) is 68.1 cm³/mol. The van der Waals surface area contributed by atoms with Gasteiger partial charge < -0.3 is 5.11 Å². The Balaban J connectivity index is 2.40. The van der Waals surface area contributed by atoms with Crippen LogP contribution >= 0.6 is 15.9 Å². The zero-order chi connectivity index (χ0) is 12.5. The Hall–Kier alpha value is -0.430. The van der Waals surface area contributed by atoms with E-state index in [0.717, 1.165) is 12.8 Å². The molecule has 0 radical (unpaired) electrons. The summed E-state index contributed by atoms with van der Waals surface area (Å²) in [6, 6.07) is 6.47. The summed E-state index contributed by atoms with van der Waals surface area (Å²) in [7, 11) is -3.50. The summed E-state index contributed by atoms with van der Waals surface area (Å²) in [5.41, 5.74) is 0. The summed E-state index contributed by atoms with van der Waals surface area (Å²) in [4.78, 5) is 0.264. The van der Waals surface area contributed by atoms with Gasteiger partial charge in [-0.1, -0.05) is 12.1 Å². The minimum absolute atomic E-state index is 0.121. The van der Waals surface area contributed by atoms with Crippen molar-refractivity contribution in [2.24, 2.45) is 0 Å². The van der Waals surface area contributed by atoms with E-state index in [-0.39, 0.29) is 17.5 Å². The second-order valence-corrected chi connectivity index (χ2v) is 6.74. The van der Waals surface area contributed by atoms with Crippen molar-refractivity contribution < 1.29 is 13.5 Å². The first-order chi connectivity index (χ1) is 8.07. The van der Waals surface area contributed by atoms with Crippen LogP contribution < -0.4 is 0 Å². The minimum atomic E-state index is -3.50. The second-order valence-electron chi connectivity index (χ2n) is 4.02. The SMILES string of the molecule is O=S(=O)(c1ccccc1Br)N1CCC[C@H]1CO. The Morgan fingerprint density at radius 1 is 1.41 bits per heavy atom. The molecule has 0 unspecified atom stereocenters. The maximum Gasteiger partial charge on any atom is 0.244 e. The smallest absolute Gasteiger partial charge is 0.244 e. The summed E-state index contributed by atoms with van der Waals surface area (Å²) < 4.78 is 26.8. The number of halogens is 1. The zero-order valence-corrected chi connectivity index (χ0v) is 11.6. The van der Waals surface area contributed by atoms with Crippen molar-refractivity contribution in [3.05, 3.63) is 28.7 Å². The normalized spacial score (nSPS) is 21.9. The zero-order valence-electron chi connectivity index (χ0n) is 9.21. The summed E-state index contributed by atoms with van der Waals surface area (Å²) in [6.45, 7) is 0.360. The molecule has 6 heteroatoms. The van der Waals surface area contributed by atoms with Gasteiger partial charge in [-0.2, -0.15) is 4.31 Å². The molecule has 4 nitrogen and oxygen atoms in total. The van der Waals surface area contributed by atoms with Crippen LogP contribution in [0.3, 0.4) is 0 Å². The summed E-state index contributed by atoms with van der Waals surface area (Å²) in [5.74, 6) is 0. The van der Waals surface area contributed by atoms with Gasteiger partial charge >= 0.3 is 0 Å². The van der Waals surface area contributed by atoms with E-state index >= 15 is 0 Å². The lowest BCUT2D eigenvalue weighted by molar-refractivity contribution is 0.213. The first kappa shape index (κ1) is 13.0. The highest BCUT2D eigenvalue weighted by molar-refractivity contribution is 9.10. The van der Waals surface area contributed by atoms with Crippen LogP contribution in [0.4, 0.5) is 0 Å². The van der Waals surface area contributed by atoms with Gasteiger partial charge in [-0.05, 0) is 40.9 Å². The average molecular weight is 320 g/mol. The fourth-order valence-electron chi connectivity index (χ4n) is 2.09. The van der Waals surface area contributed by atoms with E-state index in [1.165, 1.54) is 4.31 Å². The first-order valence-electron chi connectivity index (χ1n) is 5.44. The molecule has 0 aromatic heterocycles. The van der Waals surface area contributed by atoms with E-state index in [0.29, 0.717) is 11.0 Å². The highest BCUT2D eigenvalue weighted by Gasteiger charge is 2.35. The third-order valence-electron chi connectivity index (χ3n) is 2.96. The molecule has 1 atom stereocenters. The minimum Gasteiger partial charge on any atom is -0.395 e. The average Bonchev–Trinajstić information content (AvgIpc) is 2.78. The van der Waals surface area contributed by atoms with Crippen LogP contribution in [-0.2, 0) is 10.0 Å². The number of hydrogen-bond donors (Lipinski definition) is 1. The van der Waals surface area contributed by atoms with E-state index in [9.17, 15) is 13.5 Å². The maximum atomic E-state index is 12.4. The molecule has 1 heterocycles. The second kappa shape index (κ2) is 5.06. The molecule has 0 aliphatic carbocycles. The van der Waals surface area contributed by atoms with Crippen LogP contribution in [0.25, 0.3) is 0 Å². The van der Waals surface area contributed by atoms with E-state index < -0.39 is 10.0 Å². The highest BCUT2D eigenvalue weighted by atomic mass is 79.9.